The van der Waals surface area contributed by atoms with Crippen LogP contribution in [0.25, 0.3) is 6.08 Å². The molecule has 1 aliphatic heterocycles. The Labute approximate surface area is 105 Å². The number of aliphatic imine (C=N–C) groups is 1. The maximum atomic E-state index is 11.3. The van der Waals surface area contributed by atoms with Gasteiger partial charge in [0.1, 0.15) is 0 Å². The van der Waals surface area contributed by atoms with Crippen LogP contribution in [0.3, 0.4) is 0 Å². The molecule has 0 fully saturated rings. The molecule has 0 unspecified atom stereocenters. The van der Waals surface area contributed by atoms with E-state index in [9.17, 15) is 4.79 Å². The molecular weight excluding hydrogens is 323 g/mol. The maximum absolute atomic E-state index is 11.3. The summed E-state index contributed by atoms with van der Waals surface area (Å²) in [6.45, 7) is 0. The molecule has 0 saturated carbocycles. The molecular formula is C10H7IN2OS. The predicted molar refractivity (Wildman–Crippen MR) is 71.4 cm³/mol. The lowest BCUT2D eigenvalue weighted by atomic mass is 10.2. The Bertz CT molecular complexity index is 482. The van der Waals surface area contributed by atoms with Crippen molar-refractivity contribution in [3.05, 3.63) is 38.3 Å². The van der Waals surface area contributed by atoms with Crippen molar-refractivity contribution < 1.29 is 4.79 Å². The highest BCUT2D eigenvalue weighted by Crippen LogP contribution is 2.26. The van der Waals surface area contributed by atoms with E-state index in [1.165, 1.54) is 11.8 Å². The van der Waals surface area contributed by atoms with Gasteiger partial charge in [0.15, 0.2) is 5.17 Å². The molecule has 0 saturated heterocycles. The molecule has 1 aliphatic rings. The Morgan fingerprint density at radius 2 is 2.27 bits per heavy atom. The first-order chi connectivity index (χ1) is 7.15. The zero-order valence-corrected chi connectivity index (χ0v) is 10.6. The van der Waals surface area contributed by atoms with Crippen LogP contribution in [-0.2, 0) is 4.79 Å². The van der Waals surface area contributed by atoms with Gasteiger partial charge >= 0.3 is 0 Å². The van der Waals surface area contributed by atoms with Gasteiger partial charge in [0.25, 0.3) is 5.91 Å². The third kappa shape index (κ3) is 2.60. The molecule has 0 aromatic heterocycles. The predicted octanol–water partition coefficient (Wildman–Crippen LogP) is 2.22. The second-order valence-corrected chi connectivity index (χ2v) is 5.23. The third-order valence-electron chi connectivity index (χ3n) is 1.78. The Balaban J connectivity index is 2.29. The van der Waals surface area contributed by atoms with E-state index < -0.39 is 0 Å². The van der Waals surface area contributed by atoms with Crippen LogP contribution in [0.1, 0.15) is 5.56 Å². The van der Waals surface area contributed by atoms with Crippen molar-refractivity contribution in [2.75, 3.05) is 0 Å². The van der Waals surface area contributed by atoms with Crippen LogP contribution in [0.15, 0.2) is 34.2 Å². The number of hydrogen-bond acceptors (Lipinski definition) is 3. The molecule has 1 heterocycles. The lowest BCUT2D eigenvalue weighted by Crippen LogP contribution is -2.01. The molecule has 76 valence electrons. The number of thioether (sulfide) groups is 1. The molecule has 1 amide bonds. The molecule has 0 atom stereocenters. The van der Waals surface area contributed by atoms with Gasteiger partial charge < -0.3 is 5.73 Å². The maximum Gasteiger partial charge on any atom is 0.286 e. The van der Waals surface area contributed by atoms with Crippen molar-refractivity contribution in [1.82, 2.24) is 0 Å². The quantitative estimate of drug-likeness (QED) is 0.635. The molecule has 1 aromatic carbocycles. The van der Waals surface area contributed by atoms with Crippen molar-refractivity contribution in [2.24, 2.45) is 10.7 Å². The van der Waals surface area contributed by atoms with Gasteiger partial charge in [-0.1, -0.05) is 12.1 Å². The van der Waals surface area contributed by atoms with E-state index in [4.69, 9.17) is 5.73 Å². The average molecular weight is 330 g/mol. The zero-order valence-electron chi connectivity index (χ0n) is 7.61. The van der Waals surface area contributed by atoms with E-state index in [1.54, 1.807) is 6.08 Å². The number of nitrogens with zero attached hydrogens (tertiary/aromatic N) is 1. The summed E-state index contributed by atoms with van der Waals surface area (Å²) in [5.41, 5.74) is 6.44. The fourth-order valence-electron chi connectivity index (χ4n) is 1.17. The number of amides is 1. The summed E-state index contributed by atoms with van der Waals surface area (Å²) in [5, 5.41) is 0.317. The van der Waals surface area contributed by atoms with Crippen LogP contribution >= 0.6 is 34.4 Å². The van der Waals surface area contributed by atoms with E-state index in [2.05, 4.69) is 27.6 Å². The minimum atomic E-state index is -0.253. The summed E-state index contributed by atoms with van der Waals surface area (Å²) in [7, 11) is 0. The fraction of sp³-hybridized carbons (Fsp3) is 0. The highest BCUT2D eigenvalue weighted by atomic mass is 127. The van der Waals surface area contributed by atoms with Crippen molar-refractivity contribution in [3.63, 3.8) is 0 Å². The van der Waals surface area contributed by atoms with Crippen LogP contribution in [-0.4, -0.2) is 11.1 Å². The van der Waals surface area contributed by atoms with Gasteiger partial charge in [-0.15, -0.1) is 0 Å². The van der Waals surface area contributed by atoms with Gasteiger partial charge in [0.2, 0.25) is 0 Å². The van der Waals surface area contributed by atoms with Gasteiger partial charge in [-0.05, 0) is 58.1 Å². The molecule has 1 aromatic rings. The number of nitrogens with two attached hydrogens (primary N) is 1. The molecule has 15 heavy (non-hydrogen) atoms. The van der Waals surface area contributed by atoms with E-state index in [-0.39, 0.29) is 5.91 Å². The first-order valence-electron chi connectivity index (χ1n) is 4.19. The highest BCUT2D eigenvalue weighted by molar-refractivity contribution is 14.1. The largest absolute Gasteiger partial charge is 0.378 e. The Kier molecular flexibility index (Phi) is 3.11. The van der Waals surface area contributed by atoms with E-state index in [0.717, 1.165) is 9.13 Å². The molecule has 2 rings (SSSR count). The normalized spacial score (nSPS) is 18.3. The Morgan fingerprint density at radius 3 is 2.87 bits per heavy atom. The molecule has 0 radical (unpaired) electrons. The number of carbonyl (C=O) groups is 1. The summed E-state index contributed by atoms with van der Waals surface area (Å²) in [4.78, 5) is 15.5. The molecule has 3 nitrogen and oxygen atoms in total. The number of amidine groups is 1. The SMILES string of the molecule is NC1=NC(=O)/C(=C/c2cccc(I)c2)S1. The monoisotopic (exact) mass is 330 g/mol. The van der Waals surface area contributed by atoms with Crippen LogP contribution in [0.2, 0.25) is 0 Å². The molecule has 0 spiro atoms. The Morgan fingerprint density at radius 1 is 1.47 bits per heavy atom. The Hall–Kier alpha value is -0.820. The third-order valence-corrected chi connectivity index (χ3v) is 3.27. The number of rotatable bonds is 1. The van der Waals surface area contributed by atoms with Gasteiger partial charge in [0.05, 0.1) is 4.91 Å². The van der Waals surface area contributed by atoms with Gasteiger partial charge in [-0.25, -0.2) is 0 Å². The molecule has 0 bridgehead atoms. The van der Waals surface area contributed by atoms with Gasteiger partial charge in [-0.3, -0.25) is 4.79 Å². The van der Waals surface area contributed by atoms with Crippen molar-refractivity contribution >= 4 is 51.5 Å². The summed E-state index contributed by atoms with van der Waals surface area (Å²) < 4.78 is 1.13. The van der Waals surface area contributed by atoms with E-state index in [1.807, 2.05) is 24.3 Å². The van der Waals surface area contributed by atoms with Gasteiger partial charge in [-0.2, -0.15) is 4.99 Å². The lowest BCUT2D eigenvalue weighted by Gasteiger charge is -1.96. The second kappa shape index (κ2) is 4.36. The molecule has 0 aliphatic carbocycles. The summed E-state index contributed by atoms with van der Waals surface area (Å²) in [6, 6.07) is 7.88. The summed E-state index contributed by atoms with van der Waals surface area (Å²) in [5.74, 6) is -0.253. The van der Waals surface area contributed by atoms with Crippen LogP contribution in [0.5, 0.6) is 0 Å². The van der Waals surface area contributed by atoms with Crippen LogP contribution in [0, 0.1) is 3.57 Å². The molecule has 2 N–H and O–H groups in total. The second-order valence-electron chi connectivity index (χ2n) is 2.92. The summed E-state index contributed by atoms with van der Waals surface area (Å²) in [6.07, 6.45) is 1.80. The smallest absolute Gasteiger partial charge is 0.286 e. The lowest BCUT2D eigenvalue weighted by molar-refractivity contribution is -0.113. The zero-order chi connectivity index (χ0) is 10.8. The number of hydrogen-bond donors (Lipinski definition) is 1. The first-order valence-corrected chi connectivity index (χ1v) is 6.08. The van der Waals surface area contributed by atoms with Crippen molar-refractivity contribution in [3.8, 4) is 0 Å². The van der Waals surface area contributed by atoms with Crippen molar-refractivity contribution in [1.29, 1.82) is 0 Å². The van der Waals surface area contributed by atoms with Gasteiger partial charge in [0, 0.05) is 3.57 Å². The summed E-state index contributed by atoms with van der Waals surface area (Å²) >= 11 is 3.44. The minimum absolute atomic E-state index is 0.253. The van der Waals surface area contributed by atoms with Crippen LogP contribution < -0.4 is 5.73 Å². The van der Waals surface area contributed by atoms with E-state index in [0.29, 0.717) is 10.1 Å². The highest BCUT2D eigenvalue weighted by Gasteiger charge is 2.19. The topological polar surface area (TPSA) is 55.4 Å². The fourth-order valence-corrected chi connectivity index (χ4v) is 2.42. The van der Waals surface area contributed by atoms with E-state index >= 15 is 0 Å². The number of halogens is 1. The number of benzene rings is 1. The van der Waals surface area contributed by atoms with Crippen LogP contribution in [0.4, 0.5) is 0 Å². The minimum Gasteiger partial charge on any atom is -0.378 e. The average Bonchev–Trinajstić information content (AvgIpc) is 2.45. The molecule has 5 heteroatoms. The number of carbonyl (C=O) groups excluding carboxylic acids is 1. The first kappa shape index (κ1) is 10.7. The van der Waals surface area contributed by atoms with Crippen molar-refractivity contribution in [2.45, 2.75) is 0 Å². The standard InChI is InChI=1S/C10H7IN2OS/c11-7-3-1-2-6(4-7)5-8-9(14)13-10(12)15-8/h1-5H,(H2,12,13,14)/b8-5-.